The first-order valence-electron chi connectivity index (χ1n) is 5.68. The summed E-state index contributed by atoms with van der Waals surface area (Å²) in [5.74, 6) is 3.59. The first-order chi connectivity index (χ1) is 7.09. The smallest absolute Gasteiger partial charge is 0.106 e. The number of nitrogens with zero attached hydrogens (tertiary/aromatic N) is 2. The second-order valence-electron chi connectivity index (χ2n) is 4.65. The Kier molecular flexibility index (Phi) is 5.47. The maximum absolute atomic E-state index is 7.98. The van der Waals surface area contributed by atoms with E-state index in [2.05, 4.69) is 30.7 Å². The van der Waals surface area contributed by atoms with Gasteiger partial charge in [0.2, 0.25) is 0 Å². The molecule has 0 spiro atoms. The summed E-state index contributed by atoms with van der Waals surface area (Å²) >= 11 is 1.88. The summed E-state index contributed by atoms with van der Waals surface area (Å²) in [6.07, 6.45) is 0. The van der Waals surface area contributed by atoms with E-state index < -0.39 is 0 Å². The predicted octanol–water partition coefficient (Wildman–Crippen LogP) is 1.60. The van der Waals surface area contributed by atoms with E-state index in [1.165, 1.54) is 0 Å². The van der Waals surface area contributed by atoms with Gasteiger partial charge in [-0.15, -0.1) is 0 Å². The van der Waals surface area contributed by atoms with Gasteiger partial charge in [0.1, 0.15) is 5.84 Å². The molecule has 1 aliphatic rings. The van der Waals surface area contributed by atoms with Gasteiger partial charge in [-0.05, 0) is 18.7 Å². The molecule has 1 N–H and O–H groups in total. The van der Waals surface area contributed by atoms with Crippen LogP contribution in [0.3, 0.4) is 0 Å². The van der Waals surface area contributed by atoms with Gasteiger partial charge in [-0.2, -0.15) is 11.8 Å². The van der Waals surface area contributed by atoms with Crippen molar-refractivity contribution in [2.75, 3.05) is 44.7 Å². The van der Waals surface area contributed by atoms with Gasteiger partial charge in [-0.3, -0.25) is 5.41 Å². The third-order valence-corrected chi connectivity index (χ3v) is 3.95. The monoisotopic (exact) mass is 229 g/mol. The molecule has 1 rings (SSSR count). The lowest BCUT2D eigenvalue weighted by molar-refractivity contribution is 0.214. The lowest BCUT2D eigenvalue weighted by Crippen LogP contribution is -2.47. The molecular weight excluding hydrogens is 206 g/mol. The average Bonchev–Trinajstić information content (AvgIpc) is 2.18. The van der Waals surface area contributed by atoms with E-state index in [-0.39, 0.29) is 0 Å². The minimum absolute atomic E-state index is 0.732. The maximum atomic E-state index is 7.98. The summed E-state index contributed by atoms with van der Waals surface area (Å²) in [7, 11) is 2.15. The Bertz CT molecular complexity index is 198. The van der Waals surface area contributed by atoms with Crippen molar-refractivity contribution in [1.82, 2.24) is 9.80 Å². The standard InChI is InChI=1S/C11H23N3S/c1-10(2)8-15-9-11(12)14-6-4-13(3)5-7-14/h10,12H,4-9H2,1-3H3. The van der Waals surface area contributed by atoms with Crippen LogP contribution in [-0.4, -0.2) is 60.4 Å². The Labute approximate surface area is 97.7 Å². The van der Waals surface area contributed by atoms with Crippen LogP contribution in [0.1, 0.15) is 13.8 Å². The van der Waals surface area contributed by atoms with Crippen molar-refractivity contribution in [3.8, 4) is 0 Å². The topological polar surface area (TPSA) is 30.3 Å². The van der Waals surface area contributed by atoms with Gasteiger partial charge in [0.25, 0.3) is 0 Å². The molecule has 0 radical (unpaired) electrons. The number of likely N-dealkylation sites (N-methyl/N-ethyl adjacent to an activating group) is 1. The van der Waals surface area contributed by atoms with Gasteiger partial charge in [-0.1, -0.05) is 13.8 Å². The van der Waals surface area contributed by atoms with Crippen molar-refractivity contribution in [3.63, 3.8) is 0 Å². The van der Waals surface area contributed by atoms with Crippen LogP contribution in [0.4, 0.5) is 0 Å². The average molecular weight is 229 g/mol. The minimum Gasteiger partial charge on any atom is -0.357 e. The van der Waals surface area contributed by atoms with Gasteiger partial charge in [0.05, 0.1) is 5.75 Å². The number of nitrogens with one attached hydrogen (secondary N) is 1. The lowest BCUT2D eigenvalue weighted by Gasteiger charge is -2.34. The number of piperazine rings is 1. The second kappa shape index (κ2) is 6.38. The number of thioether (sulfide) groups is 1. The van der Waals surface area contributed by atoms with Crippen molar-refractivity contribution >= 4 is 17.6 Å². The summed E-state index contributed by atoms with van der Waals surface area (Å²) in [6.45, 7) is 8.70. The van der Waals surface area contributed by atoms with Gasteiger partial charge in [-0.25, -0.2) is 0 Å². The highest BCUT2D eigenvalue weighted by Gasteiger charge is 2.15. The zero-order valence-corrected chi connectivity index (χ0v) is 10.9. The Morgan fingerprint density at radius 2 is 1.87 bits per heavy atom. The molecule has 0 unspecified atom stereocenters. The van der Waals surface area contributed by atoms with Crippen LogP contribution in [-0.2, 0) is 0 Å². The SMILES string of the molecule is CC(C)CSCC(=N)N1CCN(C)CC1. The third-order valence-electron chi connectivity index (χ3n) is 2.57. The molecule has 1 saturated heterocycles. The largest absolute Gasteiger partial charge is 0.357 e. The lowest BCUT2D eigenvalue weighted by atomic mass is 10.3. The fourth-order valence-electron chi connectivity index (χ4n) is 1.56. The summed E-state index contributed by atoms with van der Waals surface area (Å²) < 4.78 is 0. The Morgan fingerprint density at radius 3 is 2.40 bits per heavy atom. The van der Waals surface area contributed by atoms with E-state index in [0.717, 1.165) is 49.4 Å². The van der Waals surface area contributed by atoms with E-state index in [1.54, 1.807) is 0 Å². The van der Waals surface area contributed by atoms with Crippen LogP contribution in [0, 0.1) is 11.3 Å². The molecule has 0 bridgehead atoms. The quantitative estimate of drug-likeness (QED) is 0.587. The van der Waals surface area contributed by atoms with Gasteiger partial charge in [0.15, 0.2) is 0 Å². The van der Waals surface area contributed by atoms with Crippen LogP contribution >= 0.6 is 11.8 Å². The van der Waals surface area contributed by atoms with Crippen LogP contribution < -0.4 is 0 Å². The normalized spacial score (nSPS) is 18.5. The van der Waals surface area contributed by atoms with E-state index in [1.807, 2.05) is 11.8 Å². The Balaban J connectivity index is 2.17. The molecule has 0 aromatic carbocycles. The summed E-state index contributed by atoms with van der Waals surface area (Å²) in [4.78, 5) is 4.54. The first-order valence-corrected chi connectivity index (χ1v) is 6.83. The number of hydrogen-bond acceptors (Lipinski definition) is 3. The maximum Gasteiger partial charge on any atom is 0.106 e. The fraction of sp³-hybridized carbons (Fsp3) is 0.909. The molecule has 0 atom stereocenters. The van der Waals surface area contributed by atoms with Crippen molar-refractivity contribution in [2.24, 2.45) is 5.92 Å². The molecule has 1 fully saturated rings. The molecule has 15 heavy (non-hydrogen) atoms. The molecule has 0 aromatic heterocycles. The van der Waals surface area contributed by atoms with E-state index in [0.29, 0.717) is 0 Å². The summed E-state index contributed by atoms with van der Waals surface area (Å²) in [5, 5.41) is 7.98. The van der Waals surface area contributed by atoms with E-state index >= 15 is 0 Å². The summed E-state index contributed by atoms with van der Waals surface area (Å²) in [6, 6.07) is 0. The first kappa shape index (κ1) is 12.8. The number of rotatable bonds is 4. The van der Waals surface area contributed by atoms with Gasteiger partial charge < -0.3 is 9.80 Å². The van der Waals surface area contributed by atoms with E-state index in [9.17, 15) is 0 Å². The van der Waals surface area contributed by atoms with Crippen LogP contribution in [0.25, 0.3) is 0 Å². The van der Waals surface area contributed by atoms with Crippen LogP contribution in [0.15, 0.2) is 0 Å². The van der Waals surface area contributed by atoms with E-state index in [4.69, 9.17) is 5.41 Å². The molecule has 88 valence electrons. The van der Waals surface area contributed by atoms with Gasteiger partial charge in [0, 0.05) is 26.2 Å². The predicted molar refractivity (Wildman–Crippen MR) is 69.0 cm³/mol. The molecule has 3 nitrogen and oxygen atoms in total. The third kappa shape index (κ3) is 4.89. The highest BCUT2D eigenvalue weighted by Crippen LogP contribution is 2.09. The van der Waals surface area contributed by atoms with Crippen LogP contribution in [0.5, 0.6) is 0 Å². The van der Waals surface area contributed by atoms with Crippen molar-refractivity contribution in [3.05, 3.63) is 0 Å². The molecule has 0 saturated carbocycles. The Hall–Kier alpha value is -0.220. The highest BCUT2D eigenvalue weighted by atomic mass is 32.2. The van der Waals surface area contributed by atoms with Crippen molar-refractivity contribution in [1.29, 1.82) is 5.41 Å². The number of hydrogen-bond donors (Lipinski definition) is 1. The second-order valence-corrected chi connectivity index (χ2v) is 5.68. The molecule has 1 aliphatic heterocycles. The van der Waals surface area contributed by atoms with Crippen molar-refractivity contribution < 1.29 is 0 Å². The molecule has 0 aromatic rings. The minimum atomic E-state index is 0.732. The van der Waals surface area contributed by atoms with Gasteiger partial charge >= 0.3 is 0 Å². The zero-order chi connectivity index (χ0) is 11.3. The molecule has 1 heterocycles. The molecule has 4 heteroatoms. The summed E-state index contributed by atoms with van der Waals surface area (Å²) in [5.41, 5.74) is 0. The fourth-order valence-corrected chi connectivity index (χ4v) is 2.52. The molecule has 0 amide bonds. The zero-order valence-electron chi connectivity index (χ0n) is 10.1. The highest BCUT2D eigenvalue weighted by molar-refractivity contribution is 7.99. The van der Waals surface area contributed by atoms with Crippen molar-refractivity contribution in [2.45, 2.75) is 13.8 Å². The Morgan fingerprint density at radius 1 is 1.27 bits per heavy atom. The molecular formula is C11H23N3S. The van der Waals surface area contributed by atoms with Crippen LogP contribution in [0.2, 0.25) is 0 Å². The molecule has 0 aliphatic carbocycles. The number of amidine groups is 1.